The van der Waals surface area contributed by atoms with Crippen LogP contribution in [0.25, 0.3) is 0 Å². The maximum atomic E-state index is 14.1. The van der Waals surface area contributed by atoms with Gasteiger partial charge in [0.2, 0.25) is 29.5 Å². The van der Waals surface area contributed by atoms with E-state index in [9.17, 15) is 43.5 Å². The number of nitrogens with two attached hydrogens (primary N) is 2. The van der Waals surface area contributed by atoms with E-state index in [1.165, 1.54) is 4.90 Å². The Balaban J connectivity index is 2.35. The number of nitrogen functional groups attached to an aromatic ring is 1. The number of amides is 5. The lowest BCUT2D eigenvalue weighted by atomic mass is 9.98. The Morgan fingerprint density at radius 1 is 0.808 bits per heavy atom. The van der Waals surface area contributed by atoms with Crippen LogP contribution in [-0.4, -0.2) is 110 Å². The van der Waals surface area contributed by atoms with Crippen LogP contribution < -0.4 is 32.7 Å². The summed E-state index contributed by atoms with van der Waals surface area (Å²) in [6.45, 7) is 7.05. The van der Waals surface area contributed by atoms with Gasteiger partial charge in [-0.15, -0.1) is 0 Å². The molecule has 0 unspecified atom stereocenters. The van der Waals surface area contributed by atoms with Gasteiger partial charge in [-0.1, -0.05) is 39.8 Å². The van der Waals surface area contributed by atoms with Gasteiger partial charge in [-0.2, -0.15) is 0 Å². The number of nitrogens with one attached hydrogen (secondary N) is 4. The molecule has 0 radical (unpaired) electrons. The second-order valence-corrected chi connectivity index (χ2v) is 13.7. The number of carboxylic acid groups (broad SMARTS) is 3. The summed E-state index contributed by atoms with van der Waals surface area (Å²) in [6, 6.07) is -1.12. The Bertz CT molecular complexity index is 1470. The van der Waals surface area contributed by atoms with Crippen molar-refractivity contribution in [2.24, 2.45) is 17.6 Å². The number of aliphatic carboxylic acids is 3. The van der Waals surface area contributed by atoms with Crippen LogP contribution in [0, 0.1) is 11.8 Å². The first kappa shape index (κ1) is 42.9. The topological polar surface area (TPSA) is 301 Å². The van der Waals surface area contributed by atoms with Crippen LogP contribution in [-0.2, 0) is 44.8 Å². The third-order valence-corrected chi connectivity index (χ3v) is 8.46. The van der Waals surface area contributed by atoms with Gasteiger partial charge in [0.15, 0.2) is 0 Å². The third kappa shape index (κ3) is 13.5. The standard InChI is InChI=1S/C34H51N7O11/c1-17(2)14-22(37-32(49)28(18(3)4)40-29(46)21(36)11-12-26(42)43)30(47)38-23(15-19-7-9-20(35)10-8-19)33(50)41-13-5-6-25(41)31(48)39-24(34(51)52)16-27(44)45/h7-10,17-18,21-25,28H,5-6,11-16,35-36H2,1-4H3,(H,37,49)(H,38,47)(H,39,48)(H,40,46)(H,42,43)(H,44,45)(H,51,52)/t21-,22-,23-,24-,25+,28-/m0/s1. The van der Waals surface area contributed by atoms with Gasteiger partial charge in [0.25, 0.3) is 0 Å². The highest BCUT2D eigenvalue weighted by Crippen LogP contribution is 2.21. The number of carbonyl (C=O) groups excluding carboxylic acids is 5. The van der Waals surface area contributed by atoms with E-state index in [0.29, 0.717) is 17.7 Å². The fourth-order valence-electron chi connectivity index (χ4n) is 5.68. The molecule has 1 aliphatic heterocycles. The van der Waals surface area contributed by atoms with Gasteiger partial charge in [-0.25, -0.2) is 4.79 Å². The molecule has 18 heteroatoms. The van der Waals surface area contributed by atoms with E-state index in [-0.39, 0.29) is 44.6 Å². The quantitative estimate of drug-likeness (QED) is 0.0742. The second-order valence-electron chi connectivity index (χ2n) is 13.7. The molecule has 0 saturated carbocycles. The van der Waals surface area contributed by atoms with Gasteiger partial charge in [0, 0.05) is 25.1 Å². The van der Waals surface area contributed by atoms with E-state index < -0.39 is 96.0 Å². The molecule has 0 aliphatic carbocycles. The lowest BCUT2D eigenvalue weighted by Crippen LogP contribution is -2.60. The van der Waals surface area contributed by atoms with Crippen molar-refractivity contribution in [1.82, 2.24) is 26.2 Å². The van der Waals surface area contributed by atoms with Crippen molar-refractivity contribution in [2.75, 3.05) is 12.3 Å². The van der Waals surface area contributed by atoms with Crippen LogP contribution in [0.5, 0.6) is 0 Å². The molecule has 1 aromatic rings. The predicted molar refractivity (Wildman–Crippen MR) is 186 cm³/mol. The molecule has 288 valence electrons. The zero-order valence-corrected chi connectivity index (χ0v) is 29.8. The molecular formula is C34H51N7O11. The predicted octanol–water partition coefficient (Wildman–Crippen LogP) is -0.805. The molecule has 52 heavy (non-hydrogen) atoms. The lowest BCUT2D eigenvalue weighted by molar-refractivity contribution is -0.148. The SMILES string of the molecule is CC(C)C[C@H](NC(=O)[C@@H](NC(=O)[C@@H](N)CCC(=O)O)C(C)C)C(=O)N[C@@H](Cc1ccc(N)cc1)C(=O)N1CCC[C@@H]1C(=O)N[C@@H](CC(=O)O)C(=O)O. The van der Waals surface area contributed by atoms with E-state index >= 15 is 0 Å². The van der Waals surface area contributed by atoms with Crippen molar-refractivity contribution in [3.05, 3.63) is 29.8 Å². The number of hydrogen-bond donors (Lipinski definition) is 9. The molecular weight excluding hydrogens is 682 g/mol. The van der Waals surface area contributed by atoms with Gasteiger partial charge in [0.05, 0.1) is 12.5 Å². The number of benzene rings is 1. The van der Waals surface area contributed by atoms with Crippen LogP contribution in [0.3, 0.4) is 0 Å². The zero-order valence-electron chi connectivity index (χ0n) is 29.8. The highest BCUT2D eigenvalue weighted by molar-refractivity contribution is 5.97. The number of anilines is 1. The molecule has 5 amide bonds. The zero-order chi connectivity index (χ0) is 39.3. The Morgan fingerprint density at radius 3 is 1.96 bits per heavy atom. The maximum absolute atomic E-state index is 14.1. The minimum Gasteiger partial charge on any atom is -0.481 e. The molecule has 6 atom stereocenters. The first-order valence-electron chi connectivity index (χ1n) is 17.1. The molecule has 0 bridgehead atoms. The maximum Gasteiger partial charge on any atom is 0.326 e. The fraction of sp³-hybridized carbons (Fsp3) is 0.588. The van der Waals surface area contributed by atoms with Gasteiger partial charge in [0.1, 0.15) is 30.2 Å². The van der Waals surface area contributed by atoms with Gasteiger partial charge in [-0.05, 0) is 55.2 Å². The molecule has 0 spiro atoms. The van der Waals surface area contributed by atoms with Crippen LogP contribution in [0.4, 0.5) is 5.69 Å². The van der Waals surface area contributed by atoms with E-state index in [1.54, 1.807) is 38.1 Å². The largest absolute Gasteiger partial charge is 0.481 e. The van der Waals surface area contributed by atoms with E-state index in [4.69, 9.17) is 21.7 Å². The third-order valence-electron chi connectivity index (χ3n) is 8.46. The highest BCUT2D eigenvalue weighted by Gasteiger charge is 2.40. The monoisotopic (exact) mass is 733 g/mol. The molecule has 11 N–H and O–H groups in total. The number of rotatable bonds is 20. The van der Waals surface area contributed by atoms with Crippen molar-refractivity contribution in [2.45, 2.75) is 109 Å². The average Bonchev–Trinajstić information content (AvgIpc) is 3.55. The normalized spacial score (nSPS) is 17.0. The Kier molecular flexibility index (Phi) is 16.5. The summed E-state index contributed by atoms with van der Waals surface area (Å²) in [6.07, 6.45) is -0.766. The fourth-order valence-corrected chi connectivity index (χ4v) is 5.68. The molecule has 2 rings (SSSR count). The Hall–Kier alpha value is -5.26. The number of likely N-dealkylation sites (tertiary alicyclic amines) is 1. The van der Waals surface area contributed by atoms with Gasteiger partial charge < -0.3 is 53.0 Å². The summed E-state index contributed by atoms with van der Waals surface area (Å²) in [5.41, 5.74) is 12.7. The highest BCUT2D eigenvalue weighted by atomic mass is 16.4. The summed E-state index contributed by atoms with van der Waals surface area (Å²) >= 11 is 0. The van der Waals surface area contributed by atoms with Crippen molar-refractivity contribution in [1.29, 1.82) is 0 Å². The summed E-state index contributed by atoms with van der Waals surface area (Å²) in [7, 11) is 0. The van der Waals surface area contributed by atoms with Crippen molar-refractivity contribution in [3.8, 4) is 0 Å². The average molecular weight is 734 g/mol. The summed E-state index contributed by atoms with van der Waals surface area (Å²) < 4.78 is 0. The number of carbonyl (C=O) groups is 8. The summed E-state index contributed by atoms with van der Waals surface area (Å²) in [5.74, 6) is -8.42. The molecule has 0 aromatic heterocycles. The first-order chi connectivity index (χ1) is 24.3. The van der Waals surface area contributed by atoms with Gasteiger partial charge in [-0.3, -0.25) is 33.6 Å². The van der Waals surface area contributed by atoms with Crippen LogP contribution in [0.1, 0.15) is 71.8 Å². The summed E-state index contributed by atoms with van der Waals surface area (Å²) in [5, 5.41) is 37.5. The van der Waals surface area contributed by atoms with Crippen molar-refractivity contribution >= 4 is 53.1 Å². The molecule has 1 aliphatic rings. The first-order valence-corrected chi connectivity index (χ1v) is 17.1. The Labute approximate surface area is 301 Å². The second kappa shape index (κ2) is 20.0. The van der Waals surface area contributed by atoms with Gasteiger partial charge >= 0.3 is 17.9 Å². The smallest absolute Gasteiger partial charge is 0.326 e. The minimum absolute atomic E-state index is 0.0479. The van der Waals surface area contributed by atoms with Crippen molar-refractivity contribution < 1.29 is 53.7 Å². The Morgan fingerprint density at radius 2 is 1.42 bits per heavy atom. The number of carboxylic acids is 3. The molecule has 1 heterocycles. The minimum atomic E-state index is -1.73. The molecule has 1 fully saturated rings. The number of hydrogen-bond acceptors (Lipinski definition) is 10. The lowest BCUT2D eigenvalue weighted by Gasteiger charge is -2.31. The molecule has 18 nitrogen and oxygen atoms in total. The van der Waals surface area contributed by atoms with Crippen LogP contribution in [0.2, 0.25) is 0 Å². The molecule has 1 saturated heterocycles. The molecule has 1 aromatic carbocycles. The van der Waals surface area contributed by atoms with Crippen LogP contribution in [0.15, 0.2) is 24.3 Å². The summed E-state index contributed by atoms with van der Waals surface area (Å²) in [4.78, 5) is 102. The van der Waals surface area contributed by atoms with E-state index in [2.05, 4.69) is 21.3 Å². The van der Waals surface area contributed by atoms with E-state index in [0.717, 1.165) is 0 Å². The van der Waals surface area contributed by atoms with Crippen LogP contribution >= 0.6 is 0 Å². The number of nitrogens with zero attached hydrogens (tertiary/aromatic N) is 1. The van der Waals surface area contributed by atoms with E-state index in [1.807, 2.05) is 13.8 Å². The van der Waals surface area contributed by atoms with Crippen molar-refractivity contribution in [3.63, 3.8) is 0 Å².